The van der Waals surface area contributed by atoms with Gasteiger partial charge in [-0.25, -0.2) is 14.8 Å². The topological polar surface area (TPSA) is 115 Å². The van der Waals surface area contributed by atoms with Gasteiger partial charge in [-0.05, 0) is 85.4 Å². The number of aromatic amines is 1. The van der Waals surface area contributed by atoms with Gasteiger partial charge in [-0.2, -0.15) is 5.26 Å². The average molecular weight is 564 g/mol. The van der Waals surface area contributed by atoms with Crippen LogP contribution in [0, 0.1) is 23.7 Å². The van der Waals surface area contributed by atoms with Gasteiger partial charge in [-0.15, -0.1) is 0 Å². The first kappa shape index (κ1) is 26.5. The minimum Gasteiger partial charge on any atom is -0.473 e. The largest absolute Gasteiger partial charge is 0.473 e. The van der Waals surface area contributed by atoms with Crippen LogP contribution in [0.3, 0.4) is 0 Å². The van der Waals surface area contributed by atoms with E-state index in [2.05, 4.69) is 27.8 Å². The van der Waals surface area contributed by atoms with Crippen LogP contribution in [-0.4, -0.2) is 45.3 Å². The number of H-pyrrole nitrogens is 1. The third-order valence-electron chi connectivity index (χ3n) is 9.19. The Hall–Kier alpha value is -4.42. The van der Waals surface area contributed by atoms with Crippen LogP contribution in [0.4, 0.5) is 0 Å². The van der Waals surface area contributed by atoms with E-state index in [1.54, 1.807) is 6.07 Å². The molecule has 4 heterocycles. The molecular formula is C33H33N5O4. The molecule has 42 heavy (non-hydrogen) atoms. The van der Waals surface area contributed by atoms with Gasteiger partial charge >= 0.3 is 5.97 Å². The van der Waals surface area contributed by atoms with Crippen molar-refractivity contribution in [2.75, 3.05) is 13.7 Å². The van der Waals surface area contributed by atoms with E-state index in [1.807, 2.05) is 37.3 Å². The Bertz CT molecular complexity index is 1760. The van der Waals surface area contributed by atoms with Gasteiger partial charge in [0.2, 0.25) is 5.88 Å². The lowest BCUT2D eigenvalue weighted by atomic mass is 9.83. The molecule has 3 atom stereocenters. The van der Waals surface area contributed by atoms with Crippen molar-refractivity contribution in [3.05, 3.63) is 82.4 Å². The number of fused-ring (bicyclic) bond motifs is 1. The lowest BCUT2D eigenvalue weighted by molar-refractivity contribution is -0.0591. The summed E-state index contributed by atoms with van der Waals surface area (Å²) in [5.74, 6) is 1.67. The van der Waals surface area contributed by atoms with Gasteiger partial charge in [-0.3, -0.25) is 0 Å². The zero-order valence-electron chi connectivity index (χ0n) is 23.9. The maximum atomic E-state index is 12.1. The Balaban J connectivity index is 1.06. The number of nitrogens with zero attached hydrogens (tertiary/aromatic N) is 4. The average Bonchev–Trinajstić information content (AvgIpc) is 3.33. The second-order valence-corrected chi connectivity index (χ2v) is 11.7. The Morgan fingerprint density at radius 2 is 2.14 bits per heavy atom. The zero-order valence-corrected chi connectivity index (χ0v) is 23.9. The fourth-order valence-electron chi connectivity index (χ4n) is 6.44. The number of aryl methyl sites for hydroxylation is 1. The van der Waals surface area contributed by atoms with E-state index in [0.717, 1.165) is 79.1 Å². The van der Waals surface area contributed by atoms with Gasteiger partial charge in [0, 0.05) is 18.6 Å². The van der Waals surface area contributed by atoms with Crippen LogP contribution in [0.5, 0.6) is 5.88 Å². The van der Waals surface area contributed by atoms with E-state index in [9.17, 15) is 4.79 Å². The summed E-state index contributed by atoms with van der Waals surface area (Å²) in [5.41, 5.74) is 7.24. The quantitative estimate of drug-likeness (QED) is 0.268. The van der Waals surface area contributed by atoms with E-state index in [0.29, 0.717) is 29.7 Å². The maximum Gasteiger partial charge on any atom is 0.354 e. The summed E-state index contributed by atoms with van der Waals surface area (Å²) < 4.78 is 18.9. The molecule has 9 heteroatoms. The van der Waals surface area contributed by atoms with Gasteiger partial charge in [0.15, 0.2) is 0 Å². The second-order valence-electron chi connectivity index (χ2n) is 11.7. The van der Waals surface area contributed by atoms with E-state index in [-0.39, 0.29) is 17.5 Å². The first-order chi connectivity index (χ1) is 20.5. The molecule has 4 aromatic rings. The number of nitriles is 1. The lowest BCUT2D eigenvalue weighted by Gasteiger charge is -2.28. The molecule has 3 aromatic heterocycles. The molecule has 9 nitrogen and oxygen atoms in total. The van der Waals surface area contributed by atoms with Gasteiger partial charge in [0.25, 0.3) is 0 Å². The highest BCUT2D eigenvalue weighted by molar-refractivity contribution is 5.93. The number of nitrogens with one attached hydrogen (secondary N) is 1. The lowest BCUT2D eigenvalue weighted by Crippen LogP contribution is -2.32. The summed E-state index contributed by atoms with van der Waals surface area (Å²) in [6.45, 7) is 3.93. The molecule has 1 aliphatic heterocycles. The van der Waals surface area contributed by atoms with Crippen molar-refractivity contribution >= 4 is 22.7 Å². The zero-order chi connectivity index (χ0) is 28.8. The summed E-state index contributed by atoms with van der Waals surface area (Å²) in [6.07, 6.45) is 7.69. The number of hydrogen-bond acceptors (Lipinski definition) is 7. The van der Waals surface area contributed by atoms with Crippen LogP contribution >= 0.6 is 0 Å². The molecule has 0 radical (unpaired) electrons. The summed E-state index contributed by atoms with van der Waals surface area (Å²) in [6, 6.07) is 15.6. The highest BCUT2D eigenvalue weighted by Crippen LogP contribution is 2.66. The van der Waals surface area contributed by atoms with Gasteiger partial charge in [0.05, 0.1) is 37.1 Å². The van der Waals surface area contributed by atoms with Gasteiger partial charge in [-0.1, -0.05) is 18.2 Å². The number of carbonyl (C=O) groups is 1. The highest BCUT2D eigenvalue weighted by Gasteiger charge is 2.56. The minimum atomic E-state index is -0.388. The first-order valence-corrected chi connectivity index (χ1v) is 14.5. The number of esters is 1. The molecule has 2 fully saturated rings. The van der Waals surface area contributed by atoms with Crippen molar-refractivity contribution in [3.63, 3.8) is 0 Å². The fraction of sp³-hybridized carbons (Fsp3) is 0.394. The Labute approximate surface area is 244 Å². The maximum absolute atomic E-state index is 12.1. The molecule has 0 amide bonds. The van der Waals surface area contributed by atoms with Crippen molar-refractivity contribution in [2.24, 2.45) is 5.41 Å². The minimum absolute atomic E-state index is 0.181. The SMILES string of the molecule is COC(=O)c1cc2nc(C3CC34CC=C(c3cccc(OCc5ccc(C#N)cc5C)n3)CC4)n(CC3CCO3)c2[nH]1. The monoisotopic (exact) mass is 563 g/mol. The highest BCUT2D eigenvalue weighted by atomic mass is 16.5. The predicted molar refractivity (Wildman–Crippen MR) is 156 cm³/mol. The number of ether oxygens (including phenoxy) is 3. The number of methoxy groups -OCH3 is 1. The number of pyridine rings is 1. The molecule has 3 unspecified atom stereocenters. The number of imidazole rings is 1. The van der Waals surface area contributed by atoms with Crippen molar-refractivity contribution in [1.82, 2.24) is 19.5 Å². The van der Waals surface area contributed by atoms with Crippen LogP contribution in [-0.2, 0) is 22.6 Å². The molecule has 7 rings (SSSR count). The standard InChI is InChI=1S/C33H33N5O4/c1-20-14-21(17-34)6-7-23(20)19-42-29-5-3-4-26(35-29)22-8-11-33(12-9-22)16-25(33)30-36-27-15-28(32(39)40-2)37-31(27)38(30)18-24-10-13-41-24/h3-8,14-15,24-25,37H,9-13,16,18-19H2,1-2H3. The van der Waals surface area contributed by atoms with Crippen molar-refractivity contribution in [1.29, 1.82) is 5.26 Å². The summed E-state index contributed by atoms with van der Waals surface area (Å²) in [7, 11) is 1.39. The van der Waals surface area contributed by atoms with Crippen molar-refractivity contribution < 1.29 is 19.0 Å². The molecule has 0 bridgehead atoms. The molecule has 1 spiro atoms. The van der Waals surface area contributed by atoms with Crippen LogP contribution in [0.2, 0.25) is 0 Å². The summed E-state index contributed by atoms with van der Waals surface area (Å²) in [5, 5.41) is 9.11. The van der Waals surface area contributed by atoms with Crippen molar-refractivity contribution in [3.8, 4) is 11.9 Å². The van der Waals surface area contributed by atoms with E-state index in [4.69, 9.17) is 29.4 Å². The molecule has 1 aromatic carbocycles. The van der Waals surface area contributed by atoms with Crippen LogP contribution in [0.1, 0.15) is 76.7 Å². The number of rotatable bonds is 8. The summed E-state index contributed by atoms with van der Waals surface area (Å²) >= 11 is 0. The second kappa shape index (κ2) is 10.4. The van der Waals surface area contributed by atoms with Crippen LogP contribution < -0.4 is 4.74 Å². The molecule has 1 saturated heterocycles. The van der Waals surface area contributed by atoms with E-state index in [1.165, 1.54) is 12.7 Å². The number of carbonyl (C=O) groups excluding carboxylic acids is 1. The van der Waals surface area contributed by atoms with E-state index >= 15 is 0 Å². The Morgan fingerprint density at radius 1 is 1.26 bits per heavy atom. The third-order valence-corrected chi connectivity index (χ3v) is 9.19. The molecule has 1 saturated carbocycles. The molecule has 214 valence electrons. The Kier molecular flexibility index (Phi) is 6.59. The first-order valence-electron chi connectivity index (χ1n) is 14.5. The number of hydrogen-bond donors (Lipinski definition) is 1. The molecule has 1 N–H and O–H groups in total. The number of benzene rings is 1. The van der Waals surface area contributed by atoms with Crippen LogP contribution in [0.25, 0.3) is 16.7 Å². The number of aromatic nitrogens is 4. The molecular weight excluding hydrogens is 530 g/mol. The van der Waals surface area contributed by atoms with Gasteiger partial charge < -0.3 is 23.8 Å². The van der Waals surface area contributed by atoms with Gasteiger partial charge in [0.1, 0.15) is 29.3 Å². The normalized spacial score (nSPS) is 22.8. The summed E-state index contributed by atoms with van der Waals surface area (Å²) in [4.78, 5) is 25.2. The Morgan fingerprint density at radius 3 is 2.86 bits per heavy atom. The smallest absolute Gasteiger partial charge is 0.354 e. The fourth-order valence-corrected chi connectivity index (χ4v) is 6.44. The molecule has 2 aliphatic carbocycles. The van der Waals surface area contributed by atoms with E-state index < -0.39 is 0 Å². The van der Waals surface area contributed by atoms with Crippen molar-refractivity contribution in [2.45, 2.75) is 64.2 Å². The van der Waals surface area contributed by atoms with Crippen LogP contribution in [0.15, 0.2) is 48.5 Å². The predicted octanol–water partition coefficient (Wildman–Crippen LogP) is 5.84. The molecule has 3 aliphatic rings. The third kappa shape index (κ3) is 4.76. The number of allylic oxidation sites excluding steroid dienone is 2.